The molecule has 1 unspecified atom stereocenters. The fourth-order valence-electron chi connectivity index (χ4n) is 2.19. The average molecular weight is 391 g/mol. The minimum Gasteiger partial charge on any atom is -0.445 e. The van der Waals surface area contributed by atoms with E-state index in [0.717, 1.165) is 4.57 Å². The largest absolute Gasteiger partial charge is 0.445 e. The van der Waals surface area contributed by atoms with Crippen molar-refractivity contribution < 1.29 is 19.1 Å². The zero-order valence-corrected chi connectivity index (χ0v) is 15.5. The van der Waals surface area contributed by atoms with Crippen LogP contribution in [-0.2, 0) is 20.9 Å². The van der Waals surface area contributed by atoms with Crippen molar-refractivity contribution >= 4 is 24.0 Å². The second-order valence-electron chi connectivity index (χ2n) is 5.77. The van der Waals surface area contributed by atoms with Gasteiger partial charge in [-0.25, -0.2) is 4.79 Å². The molecule has 0 bridgehead atoms. The molecular formula is C18H25N5O5. The number of nitrogens with two attached hydrogens (primary N) is 1. The summed E-state index contributed by atoms with van der Waals surface area (Å²) in [6.07, 6.45) is 3.60. The highest BCUT2D eigenvalue weighted by atomic mass is 16.5. The number of carbonyl (C=O) groups is 3. The highest BCUT2D eigenvalue weighted by Crippen LogP contribution is 2.00. The van der Waals surface area contributed by atoms with Crippen LogP contribution < -0.4 is 27.2 Å². The Labute approximate surface area is 162 Å². The number of pyridine rings is 1. The Morgan fingerprint density at radius 2 is 2.14 bits per heavy atom. The Hall–Kier alpha value is -3.56. The fourth-order valence-corrected chi connectivity index (χ4v) is 2.19. The van der Waals surface area contributed by atoms with Gasteiger partial charge in [-0.05, 0) is 25.0 Å². The van der Waals surface area contributed by atoms with E-state index in [0.29, 0.717) is 31.5 Å². The highest BCUT2D eigenvalue weighted by Gasteiger charge is 2.14. The van der Waals surface area contributed by atoms with Crippen LogP contribution in [0.15, 0.2) is 48.2 Å². The van der Waals surface area contributed by atoms with Crippen LogP contribution in [0.25, 0.3) is 0 Å². The summed E-state index contributed by atoms with van der Waals surface area (Å²) in [6, 6.07) is 2.20. The number of nitrogens with one attached hydrogen (secondary N) is 3. The number of hydrogen-bond donors (Lipinski definition) is 4. The summed E-state index contributed by atoms with van der Waals surface area (Å²) in [5.74, 6) is -0.185. The van der Waals surface area contributed by atoms with Gasteiger partial charge in [0.05, 0.1) is 11.9 Å². The normalized spacial score (nSPS) is 11.0. The SMILES string of the molecule is C=CCOC(=O)Nc1cccn(CC(=O)NC(C=O)CCCNC(=C)N)c1=O. The van der Waals surface area contributed by atoms with Gasteiger partial charge in [0.15, 0.2) is 0 Å². The summed E-state index contributed by atoms with van der Waals surface area (Å²) in [4.78, 5) is 47.2. The van der Waals surface area contributed by atoms with E-state index < -0.39 is 23.6 Å². The lowest BCUT2D eigenvalue weighted by Crippen LogP contribution is -2.40. The maximum absolute atomic E-state index is 12.3. The standard InChI is InChI=1S/C18H25N5O5/c1-3-10-28-18(27)22-15-7-5-9-23(17(15)26)11-16(25)21-14(12-24)6-4-8-20-13(2)19/h3,5,7,9,12,14,20H,1-2,4,6,8,10-11,19H2,(H,21,25)(H,22,27). The fraction of sp³-hybridized carbons (Fsp3) is 0.333. The first-order chi connectivity index (χ1) is 13.4. The summed E-state index contributed by atoms with van der Waals surface area (Å²) in [5, 5.41) is 7.67. The van der Waals surface area contributed by atoms with Crippen LogP contribution >= 0.6 is 0 Å². The molecule has 0 spiro atoms. The molecule has 10 heteroatoms. The van der Waals surface area contributed by atoms with Crippen LogP contribution in [0, 0.1) is 0 Å². The molecule has 152 valence electrons. The van der Waals surface area contributed by atoms with Crippen molar-refractivity contribution in [3.05, 3.63) is 53.7 Å². The van der Waals surface area contributed by atoms with E-state index in [4.69, 9.17) is 10.5 Å². The maximum Gasteiger partial charge on any atom is 0.412 e. The van der Waals surface area contributed by atoms with Crippen molar-refractivity contribution in [2.24, 2.45) is 5.73 Å². The molecule has 1 rings (SSSR count). The molecular weight excluding hydrogens is 366 g/mol. The number of ether oxygens (including phenoxy) is 1. The number of anilines is 1. The molecule has 1 aromatic heterocycles. The smallest absolute Gasteiger partial charge is 0.412 e. The molecule has 0 aliphatic carbocycles. The summed E-state index contributed by atoms with van der Waals surface area (Å²) < 4.78 is 5.86. The van der Waals surface area contributed by atoms with E-state index in [2.05, 4.69) is 29.1 Å². The number of nitrogens with zero attached hydrogens (tertiary/aromatic N) is 1. The first-order valence-corrected chi connectivity index (χ1v) is 8.54. The first-order valence-electron chi connectivity index (χ1n) is 8.54. The zero-order chi connectivity index (χ0) is 20.9. The lowest BCUT2D eigenvalue weighted by atomic mass is 10.1. The van der Waals surface area contributed by atoms with Gasteiger partial charge in [-0.3, -0.25) is 14.9 Å². The Kier molecular flexibility index (Phi) is 9.59. The van der Waals surface area contributed by atoms with Crippen molar-refractivity contribution in [2.75, 3.05) is 18.5 Å². The molecule has 0 aromatic carbocycles. The van der Waals surface area contributed by atoms with Crippen molar-refractivity contribution in [3.63, 3.8) is 0 Å². The monoisotopic (exact) mass is 391 g/mol. The number of carbonyl (C=O) groups excluding carboxylic acids is 3. The van der Waals surface area contributed by atoms with Crippen LogP contribution in [0.1, 0.15) is 12.8 Å². The van der Waals surface area contributed by atoms with Crippen LogP contribution in [0.5, 0.6) is 0 Å². The lowest BCUT2D eigenvalue weighted by Gasteiger charge is -2.14. The topological polar surface area (TPSA) is 145 Å². The molecule has 1 atom stereocenters. The van der Waals surface area contributed by atoms with E-state index in [9.17, 15) is 19.2 Å². The molecule has 0 saturated carbocycles. The van der Waals surface area contributed by atoms with Gasteiger partial charge in [0.25, 0.3) is 5.56 Å². The van der Waals surface area contributed by atoms with Gasteiger partial charge in [0.1, 0.15) is 25.1 Å². The molecule has 5 N–H and O–H groups in total. The van der Waals surface area contributed by atoms with Gasteiger partial charge in [-0.2, -0.15) is 0 Å². The highest BCUT2D eigenvalue weighted by molar-refractivity contribution is 5.84. The second-order valence-corrected chi connectivity index (χ2v) is 5.77. The Balaban J connectivity index is 2.62. The van der Waals surface area contributed by atoms with Crippen molar-refractivity contribution in [3.8, 4) is 0 Å². The van der Waals surface area contributed by atoms with Crippen LogP contribution in [0.4, 0.5) is 10.5 Å². The first kappa shape index (κ1) is 22.5. The summed E-state index contributed by atoms with van der Waals surface area (Å²) >= 11 is 0. The Morgan fingerprint density at radius 1 is 1.39 bits per heavy atom. The average Bonchev–Trinajstić information content (AvgIpc) is 2.65. The van der Waals surface area contributed by atoms with Gasteiger partial charge < -0.3 is 30.5 Å². The number of aromatic nitrogens is 1. The minimum atomic E-state index is -0.811. The second kappa shape index (κ2) is 11.9. The van der Waals surface area contributed by atoms with Gasteiger partial charge in [0.2, 0.25) is 5.91 Å². The zero-order valence-electron chi connectivity index (χ0n) is 15.5. The van der Waals surface area contributed by atoms with Gasteiger partial charge >= 0.3 is 6.09 Å². The van der Waals surface area contributed by atoms with Crippen LogP contribution in [0.2, 0.25) is 0 Å². The van der Waals surface area contributed by atoms with Crippen molar-refractivity contribution in [1.29, 1.82) is 0 Å². The molecule has 28 heavy (non-hydrogen) atoms. The number of rotatable bonds is 12. The van der Waals surface area contributed by atoms with Gasteiger partial charge in [0, 0.05) is 12.7 Å². The molecule has 0 saturated heterocycles. The van der Waals surface area contributed by atoms with Gasteiger partial charge in [-0.15, -0.1) is 0 Å². The van der Waals surface area contributed by atoms with E-state index in [-0.39, 0.29) is 18.8 Å². The van der Waals surface area contributed by atoms with E-state index in [1.165, 1.54) is 24.4 Å². The summed E-state index contributed by atoms with van der Waals surface area (Å²) in [5.41, 5.74) is 4.75. The molecule has 0 radical (unpaired) electrons. The molecule has 0 aliphatic heterocycles. The van der Waals surface area contributed by atoms with E-state index >= 15 is 0 Å². The molecule has 0 aliphatic rings. The lowest BCUT2D eigenvalue weighted by molar-refractivity contribution is -0.124. The predicted molar refractivity (Wildman–Crippen MR) is 104 cm³/mol. The Bertz CT molecular complexity index is 774. The number of amides is 2. The molecule has 0 fully saturated rings. The van der Waals surface area contributed by atoms with E-state index in [1.54, 1.807) is 0 Å². The maximum atomic E-state index is 12.3. The third kappa shape index (κ3) is 8.21. The third-order valence-corrected chi connectivity index (χ3v) is 3.46. The molecule has 2 amide bonds. The number of hydrogen-bond acceptors (Lipinski definition) is 7. The summed E-state index contributed by atoms with van der Waals surface area (Å²) in [7, 11) is 0. The molecule has 10 nitrogen and oxygen atoms in total. The number of aldehydes is 1. The van der Waals surface area contributed by atoms with Crippen molar-refractivity contribution in [1.82, 2.24) is 15.2 Å². The third-order valence-electron chi connectivity index (χ3n) is 3.46. The van der Waals surface area contributed by atoms with Crippen molar-refractivity contribution in [2.45, 2.75) is 25.4 Å². The van der Waals surface area contributed by atoms with Crippen LogP contribution in [-0.4, -0.2) is 42.0 Å². The quantitative estimate of drug-likeness (QED) is 0.224. The minimum absolute atomic E-state index is 0.00272. The molecule has 1 heterocycles. The van der Waals surface area contributed by atoms with E-state index in [1.807, 2.05) is 0 Å². The molecule has 1 aromatic rings. The summed E-state index contributed by atoms with van der Waals surface area (Å²) in [6.45, 7) is 7.11. The Morgan fingerprint density at radius 3 is 2.79 bits per heavy atom. The van der Waals surface area contributed by atoms with Crippen LogP contribution in [0.3, 0.4) is 0 Å². The predicted octanol–water partition coefficient (Wildman–Crippen LogP) is 0.0662. The van der Waals surface area contributed by atoms with Gasteiger partial charge in [-0.1, -0.05) is 19.2 Å².